The minimum atomic E-state index is -4.17. The van der Waals surface area contributed by atoms with Crippen LogP contribution in [-0.4, -0.2) is 28.1 Å². The maximum absolute atomic E-state index is 11.9. The van der Waals surface area contributed by atoms with Crippen LogP contribution in [0.5, 0.6) is 0 Å². The molecule has 5 heteroatoms. The number of hydrogen-bond acceptors (Lipinski definition) is 2. The van der Waals surface area contributed by atoms with Crippen molar-refractivity contribution >= 4 is 0 Å². The molecule has 0 aromatic rings. The van der Waals surface area contributed by atoms with E-state index in [0.717, 1.165) is 19.3 Å². The molecule has 1 saturated carbocycles. The molecule has 0 aromatic carbocycles. The van der Waals surface area contributed by atoms with Gasteiger partial charge < -0.3 is 10.2 Å². The van der Waals surface area contributed by atoms with Gasteiger partial charge in [0.15, 0.2) is 0 Å². The van der Waals surface area contributed by atoms with Crippen LogP contribution in [0.2, 0.25) is 0 Å². The second kappa shape index (κ2) is 5.36. The van der Waals surface area contributed by atoms with E-state index in [-0.39, 0.29) is 12.8 Å². The average Bonchev–Trinajstić information content (AvgIpc) is 2.16. The molecule has 0 spiro atoms. The van der Waals surface area contributed by atoms with Crippen molar-refractivity contribution in [3.63, 3.8) is 0 Å². The lowest BCUT2D eigenvalue weighted by atomic mass is 9.79. The summed E-state index contributed by atoms with van der Waals surface area (Å²) in [4.78, 5) is 0. The quantitative estimate of drug-likeness (QED) is 0.793. The van der Waals surface area contributed by atoms with Crippen molar-refractivity contribution in [2.45, 2.75) is 69.2 Å². The number of halogens is 3. The highest BCUT2D eigenvalue weighted by Gasteiger charge is 2.37. The molecule has 0 aliphatic heterocycles. The highest BCUT2D eigenvalue weighted by molar-refractivity contribution is 4.89. The Morgan fingerprint density at radius 2 is 1.69 bits per heavy atom. The minimum Gasteiger partial charge on any atom is -0.390 e. The number of aliphatic hydroxyl groups is 2. The summed E-state index contributed by atoms with van der Waals surface area (Å²) in [6.45, 7) is 0. The first-order valence-electron chi connectivity index (χ1n) is 5.81. The fraction of sp³-hybridized carbons (Fsp3) is 1.00. The first kappa shape index (κ1) is 13.8. The van der Waals surface area contributed by atoms with Crippen LogP contribution in [0.15, 0.2) is 0 Å². The summed E-state index contributed by atoms with van der Waals surface area (Å²) in [6, 6.07) is 0. The molecule has 0 heterocycles. The van der Waals surface area contributed by atoms with Crippen molar-refractivity contribution in [3.05, 3.63) is 0 Å². The molecule has 0 amide bonds. The van der Waals surface area contributed by atoms with E-state index in [1.807, 2.05) is 0 Å². The summed E-state index contributed by atoms with van der Waals surface area (Å²) in [5.74, 6) is 0. The van der Waals surface area contributed by atoms with E-state index in [9.17, 15) is 23.4 Å². The predicted molar refractivity (Wildman–Crippen MR) is 53.9 cm³/mol. The molecular weight excluding hydrogens is 221 g/mol. The smallest absolute Gasteiger partial charge is 0.389 e. The van der Waals surface area contributed by atoms with Gasteiger partial charge in [-0.15, -0.1) is 0 Å². The topological polar surface area (TPSA) is 40.5 Å². The van der Waals surface area contributed by atoms with Gasteiger partial charge in [0.05, 0.1) is 11.7 Å². The summed E-state index contributed by atoms with van der Waals surface area (Å²) in [7, 11) is 0. The molecule has 1 fully saturated rings. The highest BCUT2D eigenvalue weighted by Crippen LogP contribution is 2.33. The Balaban J connectivity index is 2.30. The second-order valence-electron chi connectivity index (χ2n) is 4.69. The summed E-state index contributed by atoms with van der Waals surface area (Å²) in [6.07, 6.45) is -2.47. The lowest BCUT2D eigenvalue weighted by Gasteiger charge is -2.36. The Morgan fingerprint density at radius 1 is 1.12 bits per heavy atom. The van der Waals surface area contributed by atoms with E-state index >= 15 is 0 Å². The summed E-state index contributed by atoms with van der Waals surface area (Å²) < 4.78 is 35.7. The fourth-order valence-corrected chi connectivity index (χ4v) is 2.26. The molecule has 96 valence electrons. The molecule has 1 atom stereocenters. The molecule has 1 aliphatic rings. The first-order valence-corrected chi connectivity index (χ1v) is 5.81. The zero-order valence-electron chi connectivity index (χ0n) is 9.26. The van der Waals surface area contributed by atoms with Crippen LogP contribution in [0.4, 0.5) is 13.2 Å². The maximum Gasteiger partial charge on any atom is 0.389 e. The van der Waals surface area contributed by atoms with Gasteiger partial charge in [-0.1, -0.05) is 19.3 Å². The minimum absolute atomic E-state index is 0.0238. The van der Waals surface area contributed by atoms with Crippen LogP contribution in [0.1, 0.15) is 51.4 Å². The molecule has 2 N–H and O–H groups in total. The van der Waals surface area contributed by atoms with Gasteiger partial charge in [0.1, 0.15) is 0 Å². The van der Waals surface area contributed by atoms with Gasteiger partial charge in [0, 0.05) is 6.42 Å². The molecule has 2 nitrogen and oxygen atoms in total. The van der Waals surface area contributed by atoms with Gasteiger partial charge in [-0.3, -0.25) is 0 Å². The Bertz CT molecular complexity index is 210. The average molecular weight is 240 g/mol. The van der Waals surface area contributed by atoms with Gasteiger partial charge in [-0.2, -0.15) is 13.2 Å². The molecule has 16 heavy (non-hydrogen) atoms. The number of rotatable bonds is 4. The van der Waals surface area contributed by atoms with Gasteiger partial charge in [-0.05, 0) is 25.7 Å². The van der Waals surface area contributed by atoms with Crippen LogP contribution in [0.3, 0.4) is 0 Å². The SMILES string of the molecule is OC(CCCC(F)(F)F)C1(O)CCCCC1. The standard InChI is InChI=1S/C11H19F3O2/c12-11(13,14)8-4-5-9(15)10(16)6-2-1-3-7-10/h9,15-16H,1-8H2. The van der Waals surface area contributed by atoms with Crippen molar-refractivity contribution < 1.29 is 23.4 Å². The molecule has 0 aromatic heterocycles. The molecule has 0 bridgehead atoms. The third kappa shape index (κ3) is 4.29. The van der Waals surface area contributed by atoms with E-state index in [2.05, 4.69) is 0 Å². The van der Waals surface area contributed by atoms with Crippen molar-refractivity contribution in [2.75, 3.05) is 0 Å². The van der Waals surface area contributed by atoms with Crippen molar-refractivity contribution in [2.24, 2.45) is 0 Å². The zero-order valence-corrected chi connectivity index (χ0v) is 9.26. The Labute approximate surface area is 93.5 Å². The van der Waals surface area contributed by atoms with Crippen LogP contribution in [-0.2, 0) is 0 Å². The van der Waals surface area contributed by atoms with E-state index in [4.69, 9.17) is 0 Å². The van der Waals surface area contributed by atoms with E-state index in [1.54, 1.807) is 0 Å². The van der Waals surface area contributed by atoms with Gasteiger partial charge in [0.25, 0.3) is 0 Å². The molecule has 1 unspecified atom stereocenters. The normalized spacial score (nSPS) is 23.1. The van der Waals surface area contributed by atoms with Crippen LogP contribution >= 0.6 is 0 Å². The largest absolute Gasteiger partial charge is 0.390 e. The van der Waals surface area contributed by atoms with Crippen LogP contribution < -0.4 is 0 Å². The Hall–Kier alpha value is -0.290. The Morgan fingerprint density at radius 3 is 2.19 bits per heavy atom. The van der Waals surface area contributed by atoms with E-state index < -0.39 is 24.3 Å². The van der Waals surface area contributed by atoms with Gasteiger partial charge >= 0.3 is 6.18 Å². The highest BCUT2D eigenvalue weighted by atomic mass is 19.4. The molecule has 1 rings (SSSR count). The predicted octanol–water partition coefficient (Wildman–Crippen LogP) is 2.78. The summed E-state index contributed by atoms with van der Waals surface area (Å²) in [5.41, 5.74) is -1.15. The van der Waals surface area contributed by atoms with E-state index in [1.165, 1.54) is 0 Å². The molecule has 0 radical (unpaired) electrons. The maximum atomic E-state index is 11.9. The number of aliphatic hydroxyl groups excluding tert-OH is 1. The monoisotopic (exact) mass is 240 g/mol. The Kier molecular flexibility index (Phi) is 4.62. The second-order valence-corrected chi connectivity index (χ2v) is 4.69. The zero-order chi connectivity index (χ0) is 12.2. The fourth-order valence-electron chi connectivity index (χ4n) is 2.26. The first-order chi connectivity index (χ1) is 7.33. The lowest BCUT2D eigenvalue weighted by molar-refractivity contribution is -0.141. The van der Waals surface area contributed by atoms with Crippen LogP contribution in [0.25, 0.3) is 0 Å². The molecule has 1 aliphatic carbocycles. The van der Waals surface area contributed by atoms with Crippen molar-refractivity contribution in [3.8, 4) is 0 Å². The number of alkyl halides is 3. The summed E-state index contributed by atoms with van der Waals surface area (Å²) >= 11 is 0. The lowest BCUT2D eigenvalue weighted by Crippen LogP contribution is -2.43. The van der Waals surface area contributed by atoms with Crippen LogP contribution in [0, 0.1) is 0 Å². The summed E-state index contributed by atoms with van der Waals surface area (Å²) in [5, 5.41) is 19.8. The third-order valence-electron chi connectivity index (χ3n) is 3.28. The third-order valence-corrected chi connectivity index (χ3v) is 3.28. The van der Waals surface area contributed by atoms with Gasteiger partial charge in [-0.25, -0.2) is 0 Å². The van der Waals surface area contributed by atoms with E-state index in [0.29, 0.717) is 12.8 Å². The molecular formula is C11H19F3O2. The van der Waals surface area contributed by atoms with Crippen molar-refractivity contribution in [1.29, 1.82) is 0 Å². The van der Waals surface area contributed by atoms with Crippen molar-refractivity contribution in [1.82, 2.24) is 0 Å². The van der Waals surface area contributed by atoms with Gasteiger partial charge in [0.2, 0.25) is 0 Å². The molecule has 0 saturated heterocycles. The number of hydrogen-bond donors (Lipinski definition) is 2.